The van der Waals surface area contributed by atoms with E-state index in [1.165, 1.54) is 0 Å². The lowest BCUT2D eigenvalue weighted by Gasteiger charge is -2.41. The molecule has 10 heteroatoms. The molecule has 0 aromatic carbocycles. The smallest absolute Gasteiger partial charge is 0.379 e. The molecule has 0 radical (unpaired) electrons. The molecule has 0 atom stereocenters. The lowest BCUT2D eigenvalue weighted by molar-refractivity contribution is -0.157. The van der Waals surface area contributed by atoms with Gasteiger partial charge in [-0.25, -0.2) is 4.99 Å². The normalized spacial score (nSPS) is 17.1. The van der Waals surface area contributed by atoms with Gasteiger partial charge in [0.25, 0.3) is 0 Å². The van der Waals surface area contributed by atoms with Crippen molar-refractivity contribution in [2.75, 3.05) is 59.5 Å². The van der Waals surface area contributed by atoms with Crippen molar-refractivity contribution in [1.29, 1.82) is 0 Å². The molecule has 1 rings (SSSR count). The minimum Gasteiger partial charge on any atom is -0.379 e. The summed E-state index contributed by atoms with van der Waals surface area (Å²) < 4.78 is 42.4. The van der Waals surface area contributed by atoms with Crippen LogP contribution in [-0.4, -0.2) is 92.9 Å². The maximum absolute atomic E-state index is 12.3. The quantitative estimate of drug-likeness (QED) is 0.501. The molecule has 1 aliphatic heterocycles. The zero-order chi connectivity index (χ0) is 19.8. The molecule has 0 bridgehead atoms. The third-order valence-electron chi connectivity index (χ3n) is 4.11. The zero-order valence-electron chi connectivity index (χ0n) is 15.9. The van der Waals surface area contributed by atoms with Gasteiger partial charge >= 0.3 is 6.18 Å². The van der Waals surface area contributed by atoms with Crippen LogP contribution in [-0.2, 0) is 9.53 Å². The summed E-state index contributed by atoms with van der Waals surface area (Å²) in [6.07, 6.45) is -4.42. The molecule has 1 heterocycles. The minimum atomic E-state index is -4.42. The highest BCUT2D eigenvalue weighted by molar-refractivity contribution is 5.84. The average molecular weight is 381 g/mol. The molecule has 0 saturated carbocycles. The number of morpholine rings is 1. The molecule has 1 saturated heterocycles. The molecule has 0 unspecified atom stereocenters. The summed E-state index contributed by atoms with van der Waals surface area (Å²) in [5.74, 6) is -0.283. The van der Waals surface area contributed by atoms with E-state index in [4.69, 9.17) is 4.74 Å². The Bertz CT molecular complexity index is 477. The van der Waals surface area contributed by atoms with Gasteiger partial charge in [-0.2, -0.15) is 13.2 Å². The van der Waals surface area contributed by atoms with Crippen LogP contribution in [0.5, 0.6) is 0 Å². The molecule has 0 aromatic rings. The topological polar surface area (TPSA) is 69.2 Å². The number of guanidine groups is 1. The molecule has 1 fully saturated rings. The van der Waals surface area contributed by atoms with Crippen molar-refractivity contribution in [2.45, 2.75) is 32.5 Å². The molecule has 1 aliphatic rings. The van der Waals surface area contributed by atoms with E-state index in [0.717, 1.165) is 20.1 Å². The van der Waals surface area contributed by atoms with E-state index in [2.05, 4.69) is 34.4 Å². The third-order valence-corrected chi connectivity index (χ3v) is 4.11. The second-order valence-electron chi connectivity index (χ2n) is 6.83. The summed E-state index contributed by atoms with van der Waals surface area (Å²) in [6, 6.07) is 0. The second kappa shape index (κ2) is 9.96. The lowest BCUT2D eigenvalue weighted by atomic mass is 10.0. The summed E-state index contributed by atoms with van der Waals surface area (Å²) in [6.45, 7) is 8.65. The zero-order valence-corrected chi connectivity index (χ0v) is 15.9. The first-order valence-corrected chi connectivity index (χ1v) is 8.71. The summed E-state index contributed by atoms with van der Waals surface area (Å²) in [7, 11) is 1.12. The number of halogens is 3. The first-order chi connectivity index (χ1) is 12.0. The molecule has 0 aromatic heterocycles. The number of carbonyl (C=O) groups excluding carboxylic acids is 1. The van der Waals surface area contributed by atoms with Gasteiger partial charge in [-0.3, -0.25) is 9.69 Å². The van der Waals surface area contributed by atoms with Crippen molar-refractivity contribution in [3.8, 4) is 0 Å². The Morgan fingerprint density at radius 2 is 1.85 bits per heavy atom. The number of hydrogen-bond donors (Lipinski definition) is 2. The molecular weight excluding hydrogens is 351 g/mol. The van der Waals surface area contributed by atoms with Crippen LogP contribution >= 0.6 is 0 Å². The number of nitrogens with zero attached hydrogens (tertiary/aromatic N) is 3. The number of likely N-dealkylation sites (N-methyl/N-ethyl adjacent to an activating group) is 1. The molecule has 2 N–H and O–H groups in total. The fourth-order valence-corrected chi connectivity index (χ4v) is 2.55. The standard InChI is InChI=1S/C16H30F3N5O2/c1-5-20-14(21-10-13(25)23(4)12-16(17,18)19)22-11-15(2,3)24-6-8-26-9-7-24/h5-12H2,1-4H3,(H2,20,21,22). The van der Waals surface area contributed by atoms with Gasteiger partial charge in [-0.05, 0) is 20.8 Å². The van der Waals surface area contributed by atoms with Gasteiger partial charge in [0.2, 0.25) is 5.91 Å². The van der Waals surface area contributed by atoms with Crippen LogP contribution in [0.15, 0.2) is 4.99 Å². The fraction of sp³-hybridized carbons (Fsp3) is 0.875. The van der Waals surface area contributed by atoms with E-state index in [1.54, 1.807) is 0 Å². The fourth-order valence-electron chi connectivity index (χ4n) is 2.55. The largest absolute Gasteiger partial charge is 0.406 e. The van der Waals surface area contributed by atoms with Crippen molar-refractivity contribution in [2.24, 2.45) is 4.99 Å². The van der Waals surface area contributed by atoms with E-state index < -0.39 is 18.6 Å². The number of carbonyl (C=O) groups is 1. The monoisotopic (exact) mass is 381 g/mol. The Morgan fingerprint density at radius 3 is 2.38 bits per heavy atom. The average Bonchev–Trinajstić information content (AvgIpc) is 2.56. The van der Waals surface area contributed by atoms with Crippen LogP contribution < -0.4 is 10.6 Å². The molecule has 7 nitrogen and oxygen atoms in total. The Morgan fingerprint density at radius 1 is 1.23 bits per heavy atom. The van der Waals surface area contributed by atoms with Crippen molar-refractivity contribution in [3.63, 3.8) is 0 Å². The number of nitrogens with one attached hydrogen (secondary N) is 2. The first-order valence-electron chi connectivity index (χ1n) is 8.71. The number of hydrogen-bond acceptors (Lipinski definition) is 4. The van der Waals surface area contributed by atoms with Crippen LogP contribution in [0.25, 0.3) is 0 Å². The molecule has 152 valence electrons. The highest BCUT2D eigenvalue weighted by Gasteiger charge is 2.31. The number of ether oxygens (including phenoxy) is 1. The molecule has 0 aliphatic carbocycles. The van der Waals surface area contributed by atoms with Crippen LogP contribution in [0.3, 0.4) is 0 Å². The van der Waals surface area contributed by atoms with Crippen LogP contribution in [0, 0.1) is 0 Å². The van der Waals surface area contributed by atoms with E-state index in [1.807, 2.05) is 6.92 Å². The number of rotatable bonds is 7. The van der Waals surface area contributed by atoms with Gasteiger partial charge in [0.1, 0.15) is 13.1 Å². The van der Waals surface area contributed by atoms with Gasteiger partial charge in [-0.1, -0.05) is 0 Å². The molecule has 1 amide bonds. The molecule has 0 spiro atoms. The van der Waals surface area contributed by atoms with Crippen molar-refractivity contribution >= 4 is 11.9 Å². The van der Waals surface area contributed by atoms with Crippen LogP contribution in [0.1, 0.15) is 20.8 Å². The summed E-state index contributed by atoms with van der Waals surface area (Å²) in [4.78, 5) is 18.9. The summed E-state index contributed by atoms with van der Waals surface area (Å²) in [5.41, 5.74) is -0.156. The maximum Gasteiger partial charge on any atom is 0.406 e. The summed E-state index contributed by atoms with van der Waals surface area (Å²) >= 11 is 0. The summed E-state index contributed by atoms with van der Waals surface area (Å²) in [5, 5.41) is 6.17. The van der Waals surface area contributed by atoms with Crippen LogP contribution in [0.4, 0.5) is 13.2 Å². The SMILES string of the molecule is CCNC(=NCC(=O)N(C)CC(F)(F)F)NCC(C)(C)N1CCOCC1. The van der Waals surface area contributed by atoms with Gasteiger partial charge in [-0.15, -0.1) is 0 Å². The van der Waals surface area contributed by atoms with Crippen molar-refractivity contribution < 1.29 is 22.7 Å². The van der Waals surface area contributed by atoms with Crippen molar-refractivity contribution in [3.05, 3.63) is 0 Å². The Hall–Kier alpha value is -1.55. The third kappa shape index (κ3) is 8.22. The predicted octanol–water partition coefficient (Wildman–Crippen LogP) is 0.673. The van der Waals surface area contributed by atoms with Crippen LogP contribution in [0.2, 0.25) is 0 Å². The minimum absolute atomic E-state index is 0.156. The van der Waals surface area contributed by atoms with Gasteiger partial charge in [0, 0.05) is 38.8 Å². The number of aliphatic imine (C=N–C) groups is 1. The molecular formula is C16H30F3N5O2. The Kier molecular flexibility index (Phi) is 8.61. The van der Waals surface area contributed by atoms with E-state index in [0.29, 0.717) is 37.2 Å². The number of alkyl halides is 3. The highest BCUT2D eigenvalue weighted by Crippen LogP contribution is 2.16. The van der Waals surface area contributed by atoms with E-state index in [9.17, 15) is 18.0 Å². The second-order valence-corrected chi connectivity index (χ2v) is 6.83. The van der Waals surface area contributed by atoms with Gasteiger partial charge in [0.05, 0.1) is 13.2 Å². The van der Waals surface area contributed by atoms with Crippen molar-refractivity contribution in [1.82, 2.24) is 20.4 Å². The number of amides is 1. The first kappa shape index (κ1) is 22.5. The Labute approximate surface area is 152 Å². The molecule has 26 heavy (non-hydrogen) atoms. The maximum atomic E-state index is 12.3. The van der Waals surface area contributed by atoms with Gasteiger partial charge < -0.3 is 20.3 Å². The Balaban J connectivity index is 2.58. The predicted molar refractivity (Wildman–Crippen MR) is 94.1 cm³/mol. The van der Waals surface area contributed by atoms with E-state index in [-0.39, 0.29) is 12.1 Å². The van der Waals surface area contributed by atoms with Gasteiger partial charge in [0.15, 0.2) is 5.96 Å². The van der Waals surface area contributed by atoms with E-state index >= 15 is 0 Å². The lowest BCUT2D eigenvalue weighted by Crippen LogP contribution is -2.56. The highest BCUT2D eigenvalue weighted by atomic mass is 19.4.